The third-order valence-corrected chi connectivity index (χ3v) is 20.1. The van der Waals surface area contributed by atoms with Crippen molar-refractivity contribution in [2.45, 2.75) is 98.5 Å². The molecule has 0 radical (unpaired) electrons. The molecule has 0 bridgehead atoms. The van der Waals surface area contributed by atoms with E-state index in [9.17, 15) is 5.11 Å². The minimum absolute atomic E-state index is 0.228. The van der Waals surface area contributed by atoms with E-state index < -0.39 is 18.4 Å². The second kappa shape index (κ2) is 14.7. The van der Waals surface area contributed by atoms with Crippen LogP contribution in [0.1, 0.15) is 78.2 Å². The van der Waals surface area contributed by atoms with Crippen LogP contribution in [-0.4, -0.2) is 29.6 Å². The molecule has 2 atom stereocenters. The molecule has 0 aliphatic carbocycles. The van der Waals surface area contributed by atoms with Crippen LogP contribution in [0.2, 0.25) is 13.3 Å². The Kier molecular flexibility index (Phi) is 13.5. The summed E-state index contributed by atoms with van der Waals surface area (Å²) in [6, 6.07) is 10.6. The zero-order valence-electron chi connectivity index (χ0n) is 18.4. The monoisotopic (exact) mass is 480 g/mol. The molecule has 1 nitrogen and oxygen atoms in total. The average Bonchev–Trinajstić information content (AvgIpc) is 2.71. The van der Waals surface area contributed by atoms with E-state index in [1.807, 2.05) is 0 Å². The Balaban J connectivity index is 2.71. The number of aliphatic hydroxyl groups is 1. The minimum atomic E-state index is -2.21. The molecule has 1 aromatic carbocycles. The van der Waals surface area contributed by atoms with Gasteiger partial charge in [0.2, 0.25) is 0 Å². The van der Waals surface area contributed by atoms with Crippen LogP contribution < -0.4 is 0 Å². The molecule has 0 unspecified atom stereocenters. The second-order valence-corrected chi connectivity index (χ2v) is 21.5. The van der Waals surface area contributed by atoms with Crippen molar-refractivity contribution in [2.75, 3.05) is 0 Å². The molecule has 0 aliphatic rings. The first kappa shape index (κ1) is 24.8. The van der Waals surface area contributed by atoms with Gasteiger partial charge in [0.05, 0.1) is 0 Å². The molecule has 0 saturated carbocycles. The molecule has 0 aliphatic heterocycles. The van der Waals surface area contributed by atoms with E-state index in [-0.39, 0.29) is 12.0 Å². The van der Waals surface area contributed by atoms with Crippen molar-refractivity contribution in [2.24, 2.45) is 5.92 Å². The maximum atomic E-state index is 10.7. The number of benzene rings is 1. The average molecular weight is 479 g/mol. The van der Waals surface area contributed by atoms with E-state index in [4.69, 9.17) is 0 Å². The molecular weight excluding hydrogens is 435 g/mol. The van der Waals surface area contributed by atoms with E-state index in [0.717, 1.165) is 12.8 Å². The number of aryl methyl sites for hydroxylation is 1. The van der Waals surface area contributed by atoms with Gasteiger partial charge >= 0.3 is 174 Å². The summed E-state index contributed by atoms with van der Waals surface area (Å²) in [4.78, 5) is 0. The van der Waals surface area contributed by atoms with Gasteiger partial charge in [0, 0.05) is 0 Å². The quantitative estimate of drug-likeness (QED) is 0.258. The van der Waals surface area contributed by atoms with Crippen LogP contribution in [-0.2, 0) is 6.42 Å². The van der Waals surface area contributed by atoms with E-state index in [1.165, 1.54) is 57.4 Å². The van der Waals surface area contributed by atoms with Gasteiger partial charge in [0.1, 0.15) is 0 Å². The van der Waals surface area contributed by atoms with E-state index in [1.54, 1.807) is 0 Å². The summed E-state index contributed by atoms with van der Waals surface area (Å²) >= 11 is -2.21. The molecule has 0 fully saturated rings. The van der Waals surface area contributed by atoms with Crippen LogP contribution in [0.3, 0.4) is 0 Å². The van der Waals surface area contributed by atoms with Crippen molar-refractivity contribution in [1.82, 2.24) is 0 Å². The summed E-state index contributed by atoms with van der Waals surface area (Å²) in [6.07, 6.45) is 12.2. The molecule has 1 aromatic rings. The first-order valence-electron chi connectivity index (χ1n) is 11.5. The Bertz CT molecular complexity index is 475. The zero-order valence-corrected chi connectivity index (χ0v) is 21.3. The van der Waals surface area contributed by atoms with E-state index >= 15 is 0 Å². The van der Waals surface area contributed by atoms with Crippen LogP contribution in [0.5, 0.6) is 0 Å². The van der Waals surface area contributed by atoms with Gasteiger partial charge in [-0.2, -0.15) is 0 Å². The Hall–Kier alpha value is -0.281. The molecule has 1 N–H and O–H groups in total. The summed E-state index contributed by atoms with van der Waals surface area (Å²) < 4.78 is 7.24. The standard InChI is InChI=1S/C13H17O.3C4H9.Sn/c1-3-11(2)13(14)10-9-12-7-5-4-6-8-12;3*1-3-4-2;/h1,3-8,11,13-14H,9-10H2,2H3;3*1,3-4H2,2H3;/t11-,13+;;;;/m0..../s1. The molecule has 0 amide bonds. The van der Waals surface area contributed by atoms with Gasteiger partial charge in [0.15, 0.2) is 0 Å². The van der Waals surface area contributed by atoms with Crippen molar-refractivity contribution < 1.29 is 5.11 Å². The van der Waals surface area contributed by atoms with E-state index in [0.29, 0.717) is 0 Å². The molecular formula is C25H44OSn. The Morgan fingerprint density at radius 2 is 1.41 bits per heavy atom. The van der Waals surface area contributed by atoms with Crippen LogP contribution in [0.15, 0.2) is 40.5 Å². The summed E-state index contributed by atoms with van der Waals surface area (Å²) in [7, 11) is 0. The maximum absolute atomic E-state index is 10.7. The van der Waals surface area contributed by atoms with E-state index in [2.05, 4.69) is 68.2 Å². The summed E-state index contributed by atoms with van der Waals surface area (Å²) in [5.41, 5.74) is 1.33. The number of aliphatic hydroxyl groups excluding tert-OH is 1. The second-order valence-electron chi connectivity index (χ2n) is 8.48. The number of rotatable bonds is 15. The summed E-state index contributed by atoms with van der Waals surface area (Å²) in [5.74, 6) is 0.273. The predicted molar refractivity (Wildman–Crippen MR) is 124 cm³/mol. The topological polar surface area (TPSA) is 20.2 Å². The van der Waals surface area contributed by atoms with Gasteiger partial charge < -0.3 is 0 Å². The fourth-order valence-electron chi connectivity index (χ4n) is 3.92. The van der Waals surface area contributed by atoms with Crippen molar-refractivity contribution >= 4 is 18.4 Å². The van der Waals surface area contributed by atoms with Crippen LogP contribution in [0.4, 0.5) is 0 Å². The number of unbranched alkanes of at least 4 members (excludes halogenated alkanes) is 3. The van der Waals surface area contributed by atoms with Gasteiger partial charge in [-0.3, -0.25) is 0 Å². The molecule has 0 saturated heterocycles. The van der Waals surface area contributed by atoms with Crippen LogP contribution >= 0.6 is 0 Å². The SMILES string of the molecule is CCC[CH2][Sn](/[CH]=C/[C@H](C)[C@H](O)CCc1ccccc1)([CH2]CCC)[CH2]CCC. The Morgan fingerprint density at radius 3 is 1.89 bits per heavy atom. The molecule has 0 aromatic heterocycles. The predicted octanol–water partition coefficient (Wildman–Crippen LogP) is 7.56. The third-order valence-electron chi connectivity index (χ3n) is 6.02. The van der Waals surface area contributed by atoms with Gasteiger partial charge in [0.25, 0.3) is 0 Å². The zero-order chi connectivity index (χ0) is 20.0. The van der Waals surface area contributed by atoms with Crippen molar-refractivity contribution in [3.63, 3.8) is 0 Å². The van der Waals surface area contributed by atoms with Crippen LogP contribution in [0.25, 0.3) is 0 Å². The third kappa shape index (κ3) is 10.2. The van der Waals surface area contributed by atoms with Gasteiger partial charge in [-0.05, 0) is 0 Å². The Labute approximate surface area is 173 Å². The number of hydrogen-bond donors (Lipinski definition) is 1. The fraction of sp³-hybridized carbons (Fsp3) is 0.680. The molecule has 154 valence electrons. The van der Waals surface area contributed by atoms with Crippen LogP contribution in [0, 0.1) is 5.92 Å². The normalized spacial score (nSPS) is 14.6. The first-order chi connectivity index (χ1) is 13.1. The summed E-state index contributed by atoms with van der Waals surface area (Å²) in [5, 5.41) is 10.7. The molecule has 0 spiro atoms. The van der Waals surface area contributed by atoms with Gasteiger partial charge in [-0.15, -0.1) is 0 Å². The Morgan fingerprint density at radius 1 is 0.889 bits per heavy atom. The first-order valence-corrected chi connectivity index (χ1v) is 19.2. The van der Waals surface area contributed by atoms with Gasteiger partial charge in [-0.1, -0.05) is 0 Å². The molecule has 27 heavy (non-hydrogen) atoms. The molecule has 1 rings (SSSR count). The fourth-order valence-corrected chi connectivity index (χ4v) is 18.6. The number of hydrogen-bond acceptors (Lipinski definition) is 1. The van der Waals surface area contributed by atoms with Gasteiger partial charge in [-0.25, -0.2) is 0 Å². The van der Waals surface area contributed by atoms with Crippen molar-refractivity contribution in [3.8, 4) is 0 Å². The van der Waals surface area contributed by atoms with Crippen molar-refractivity contribution in [1.29, 1.82) is 0 Å². The molecule has 0 heterocycles. The van der Waals surface area contributed by atoms with Crippen molar-refractivity contribution in [3.05, 3.63) is 46.1 Å². The molecule has 2 heteroatoms. The summed E-state index contributed by atoms with van der Waals surface area (Å²) in [6.45, 7) is 9.20.